The molecule has 0 radical (unpaired) electrons. The Morgan fingerprint density at radius 1 is 1.07 bits per heavy atom. The van der Waals surface area contributed by atoms with E-state index in [9.17, 15) is 18.0 Å². The van der Waals surface area contributed by atoms with Gasteiger partial charge in [0.2, 0.25) is 0 Å². The molecule has 0 saturated carbocycles. The van der Waals surface area contributed by atoms with Gasteiger partial charge >= 0.3 is 12.2 Å². The van der Waals surface area contributed by atoms with Crippen molar-refractivity contribution < 1.29 is 27.4 Å². The van der Waals surface area contributed by atoms with Crippen molar-refractivity contribution in [1.29, 1.82) is 0 Å². The van der Waals surface area contributed by atoms with Crippen LogP contribution in [0.25, 0.3) is 0 Å². The summed E-state index contributed by atoms with van der Waals surface area (Å²) in [5.41, 5.74) is -0.0728. The van der Waals surface area contributed by atoms with E-state index in [4.69, 9.17) is 9.47 Å². The zero-order valence-corrected chi connectivity index (χ0v) is 14.6. The van der Waals surface area contributed by atoms with E-state index in [-0.39, 0.29) is 12.1 Å². The van der Waals surface area contributed by atoms with Crippen molar-refractivity contribution in [3.63, 3.8) is 0 Å². The van der Waals surface area contributed by atoms with Gasteiger partial charge in [0.15, 0.2) is 11.5 Å². The Morgan fingerprint density at radius 3 is 2.48 bits per heavy atom. The topological polar surface area (TPSA) is 59.6 Å². The molecule has 0 unspecified atom stereocenters. The standard InChI is InChI=1S/C19H17F3N2O3/c1-26-16-9-8-15(12-17(16)27-2)24-18(25)23-10-4-6-13-5-3-7-14(11-13)19(20,21)22/h3,5,7-9,11-12H,10H2,1-2H3,(H2,23,24,25). The van der Waals surface area contributed by atoms with Crippen LogP contribution in [0.5, 0.6) is 11.5 Å². The molecule has 0 fully saturated rings. The van der Waals surface area contributed by atoms with E-state index < -0.39 is 17.8 Å². The van der Waals surface area contributed by atoms with Crippen molar-refractivity contribution in [3.05, 3.63) is 53.6 Å². The van der Waals surface area contributed by atoms with Gasteiger partial charge < -0.3 is 20.1 Å². The van der Waals surface area contributed by atoms with Crippen LogP contribution in [0.4, 0.5) is 23.7 Å². The average Bonchev–Trinajstić information content (AvgIpc) is 2.64. The lowest BCUT2D eigenvalue weighted by atomic mass is 10.1. The fraction of sp³-hybridized carbons (Fsp3) is 0.211. The lowest BCUT2D eigenvalue weighted by molar-refractivity contribution is -0.137. The molecule has 0 aliphatic heterocycles. The van der Waals surface area contributed by atoms with Gasteiger partial charge in [-0.1, -0.05) is 17.9 Å². The van der Waals surface area contributed by atoms with Crippen LogP contribution >= 0.6 is 0 Å². The van der Waals surface area contributed by atoms with Gasteiger partial charge in [0.25, 0.3) is 0 Å². The summed E-state index contributed by atoms with van der Waals surface area (Å²) in [6.07, 6.45) is -4.42. The number of nitrogens with one attached hydrogen (secondary N) is 2. The Morgan fingerprint density at radius 2 is 1.81 bits per heavy atom. The van der Waals surface area contributed by atoms with Gasteiger partial charge in [0.05, 0.1) is 26.3 Å². The molecule has 27 heavy (non-hydrogen) atoms. The SMILES string of the molecule is COc1ccc(NC(=O)NCC#Cc2cccc(C(F)(F)F)c2)cc1OC. The molecule has 8 heteroatoms. The maximum Gasteiger partial charge on any atom is 0.416 e. The summed E-state index contributed by atoms with van der Waals surface area (Å²) in [5.74, 6) is 6.17. The summed E-state index contributed by atoms with van der Waals surface area (Å²) < 4.78 is 48.2. The van der Waals surface area contributed by atoms with Crippen molar-refractivity contribution in [1.82, 2.24) is 5.32 Å². The average molecular weight is 378 g/mol. The smallest absolute Gasteiger partial charge is 0.416 e. The molecule has 2 N–H and O–H groups in total. The molecule has 0 spiro atoms. The summed E-state index contributed by atoms with van der Waals surface area (Å²) in [4.78, 5) is 11.9. The molecule has 2 amide bonds. The first kappa shape index (κ1) is 20.0. The van der Waals surface area contributed by atoms with Gasteiger partial charge in [-0.15, -0.1) is 0 Å². The molecule has 0 bridgehead atoms. The van der Waals surface area contributed by atoms with Gasteiger partial charge in [-0.3, -0.25) is 0 Å². The minimum atomic E-state index is -4.42. The van der Waals surface area contributed by atoms with Crippen LogP contribution in [0.2, 0.25) is 0 Å². The highest BCUT2D eigenvalue weighted by Crippen LogP contribution is 2.30. The van der Waals surface area contributed by atoms with Crippen molar-refractivity contribution >= 4 is 11.7 Å². The molecule has 2 aromatic carbocycles. The number of rotatable bonds is 4. The van der Waals surface area contributed by atoms with Crippen molar-refractivity contribution in [2.24, 2.45) is 0 Å². The number of anilines is 1. The molecule has 0 aromatic heterocycles. The molecular weight excluding hydrogens is 361 g/mol. The van der Waals surface area contributed by atoms with Crippen molar-refractivity contribution in [2.75, 3.05) is 26.1 Å². The minimum Gasteiger partial charge on any atom is -0.493 e. The first-order chi connectivity index (χ1) is 12.8. The van der Waals surface area contributed by atoms with Crippen molar-refractivity contribution in [2.45, 2.75) is 6.18 Å². The number of carbonyl (C=O) groups excluding carboxylic acids is 1. The van der Waals surface area contributed by atoms with Crippen LogP contribution in [0.15, 0.2) is 42.5 Å². The summed E-state index contributed by atoms with van der Waals surface area (Å²) in [6.45, 7) is -0.0324. The molecule has 5 nitrogen and oxygen atoms in total. The first-order valence-corrected chi connectivity index (χ1v) is 7.76. The number of hydrogen-bond donors (Lipinski definition) is 2. The second kappa shape index (κ2) is 8.85. The molecule has 142 valence electrons. The largest absolute Gasteiger partial charge is 0.493 e. The van der Waals surface area contributed by atoms with E-state index in [2.05, 4.69) is 22.5 Å². The van der Waals surface area contributed by atoms with Gasteiger partial charge in [-0.25, -0.2) is 4.79 Å². The predicted octanol–water partition coefficient (Wildman–Crippen LogP) is 3.90. The van der Waals surface area contributed by atoms with Gasteiger partial charge in [-0.2, -0.15) is 13.2 Å². The number of carbonyl (C=O) groups is 1. The molecular formula is C19H17F3N2O3. The Kier molecular flexibility index (Phi) is 6.55. The fourth-order valence-corrected chi connectivity index (χ4v) is 2.13. The van der Waals surface area contributed by atoms with E-state index in [1.807, 2.05) is 0 Å². The predicted molar refractivity (Wildman–Crippen MR) is 94.9 cm³/mol. The van der Waals surface area contributed by atoms with Crippen LogP contribution < -0.4 is 20.1 Å². The number of ether oxygens (including phenoxy) is 2. The Hall–Kier alpha value is -3.34. The van der Waals surface area contributed by atoms with Crippen LogP contribution in [-0.4, -0.2) is 26.8 Å². The Labute approximate surface area is 154 Å². The molecule has 0 atom stereocenters. The third kappa shape index (κ3) is 5.85. The highest BCUT2D eigenvalue weighted by molar-refractivity contribution is 5.89. The Bertz CT molecular complexity index is 870. The maximum atomic E-state index is 12.6. The molecule has 0 saturated heterocycles. The molecule has 0 aliphatic rings. The summed E-state index contributed by atoms with van der Waals surface area (Å²) in [6, 6.07) is 9.02. The summed E-state index contributed by atoms with van der Waals surface area (Å²) in [7, 11) is 2.98. The second-order valence-electron chi connectivity index (χ2n) is 5.26. The van der Waals surface area contributed by atoms with E-state index in [0.717, 1.165) is 12.1 Å². The van der Waals surface area contributed by atoms with Crippen LogP contribution in [0.3, 0.4) is 0 Å². The van der Waals surface area contributed by atoms with E-state index in [0.29, 0.717) is 17.2 Å². The number of methoxy groups -OCH3 is 2. The minimum absolute atomic E-state index is 0.0324. The van der Waals surface area contributed by atoms with E-state index in [1.54, 1.807) is 18.2 Å². The molecule has 2 rings (SSSR count). The number of hydrogen-bond acceptors (Lipinski definition) is 3. The lowest BCUT2D eigenvalue weighted by Crippen LogP contribution is -2.28. The van der Waals surface area contributed by atoms with E-state index in [1.165, 1.54) is 26.4 Å². The molecule has 2 aromatic rings. The molecule has 0 aliphatic carbocycles. The zero-order valence-electron chi connectivity index (χ0n) is 14.6. The monoisotopic (exact) mass is 378 g/mol. The second-order valence-corrected chi connectivity index (χ2v) is 5.26. The van der Waals surface area contributed by atoms with Crippen molar-refractivity contribution in [3.8, 4) is 23.3 Å². The first-order valence-electron chi connectivity index (χ1n) is 7.76. The maximum absolute atomic E-state index is 12.6. The van der Waals surface area contributed by atoms with E-state index >= 15 is 0 Å². The number of halogens is 3. The third-order valence-electron chi connectivity index (χ3n) is 3.40. The van der Waals surface area contributed by atoms with Gasteiger partial charge in [0, 0.05) is 17.3 Å². The lowest BCUT2D eigenvalue weighted by Gasteiger charge is -2.10. The molecule has 0 heterocycles. The van der Waals surface area contributed by atoms with Crippen LogP contribution in [0.1, 0.15) is 11.1 Å². The number of benzene rings is 2. The van der Waals surface area contributed by atoms with Gasteiger partial charge in [-0.05, 0) is 30.3 Å². The van der Waals surface area contributed by atoms with Gasteiger partial charge in [0.1, 0.15) is 0 Å². The quantitative estimate of drug-likeness (QED) is 0.794. The number of alkyl halides is 3. The normalized spacial score (nSPS) is 10.4. The number of urea groups is 1. The van der Waals surface area contributed by atoms with Crippen LogP contribution in [0, 0.1) is 11.8 Å². The summed E-state index contributed by atoms with van der Waals surface area (Å²) in [5, 5.41) is 5.09. The highest BCUT2D eigenvalue weighted by Gasteiger charge is 2.30. The highest BCUT2D eigenvalue weighted by atomic mass is 19.4. The zero-order chi connectivity index (χ0) is 19.9. The number of amides is 2. The summed E-state index contributed by atoms with van der Waals surface area (Å²) >= 11 is 0. The Balaban J connectivity index is 1.91. The fourth-order valence-electron chi connectivity index (χ4n) is 2.13. The third-order valence-corrected chi connectivity index (χ3v) is 3.40. The van der Waals surface area contributed by atoms with Crippen LogP contribution in [-0.2, 0) is 6.18 Å².